The molecular weight excluding hydrogens is 356 g/mol. The topological polar surface area (TPSA) is 84.5 Å². The fourth-order valence-corrected chi connectivity index (χ4v) is 3.10. The third-order valence-electron chi connectivity index (χ3n) is 4.96. The number of rotatable bonds is 9. The van der Waals surface area contributed by atoms with Crippen molar-refractivity contribution in [2.45, 2.75) is 71.6 Å². The second-order valence-corrected chi connectivity index (χ2v) is 8.09. The van der Waals surface area contributed by atoms with Crippen molar-refractivity contribution in [3.8, 4) is 0 Å². The van der Waals surface area contributed by atoms with Gasteiger partial charge in [0.2, 0.25) is 11.8 Å². The summed E-state index contributed by atoms with van der Waals surface area (Å²) < 4.78 is 5.33. The lowest BCUT2D eigenvalue weighted by Crippen LogP contribution is -2.55. The molecule has 6 nitrogen and oxygen atoms in total. The zero-order valence-corrected chi connectivity index (χ0v) is 17.2. The predicted molar refractivity (Wildman–Crippen MR) is 107 cm³/mol. The van der Waals surface area contributed by atoms with E-state index in [2.05, 4.69) is 10.6 Å². The van der Waals surface area contributed by atoms with Gasteiger partial charge < -0.3 is 15.4 Å². The van der Waals surface area contributed by atoms with Crippen molar-refractivity contribution in [3.63, 3.8) is 0 Å². The van der Waals surface area contributed by atoms with Gasteiger partial charge in [-0.05, 0) is 38.2 Å². The molecule has 2 rings (SSSR count). The van der Waals surface area contributed by atoms with E-state index in [-0.39, 0.29) is 29.8 Å². The smallest absolute Gasteiger partial charge is 0.329 e. The lowest BCUT2D eigenvalue weighted by molar-refractivity contribution is -0.151. The number of nitrogens with one attached hydrogen (secondary N) is 2. The Balaban J connectivity index is 2.08. The Bertz CT molecular complexity index is 668. The molecule has 1 aliphatic rings. The molecule has 0 heterocycles. The first kappa shape index (κ1) is 21.9. The van der Waals surface area contributed by atoms with Gasteiger partial charge in [-0.3, -0.25) is 9.59 Å². The fourth-order valence-electron chi connectivity index (χ4n) is 3.10. The summed E-state index contributed by atoms with van der Waals surface area (Å²) in [5.41, 5.74) is 0.924. The molecule has 1 fully saturated rings. The molecule has 1 aliphatic carbocycles. The molecule has 154 valence electrons. The van der Waals surface area contributed by atoms with Gasteiger partial charge in [-0.15, -0.1) is 0 Å². The molecule has 0 radical (unpaired) electrons. The Morgan fingerprint density at radius 3 is 2.18 bits per heavy atom. The summed E-state index contributed by atoms with van der Waals surface area (Å²) in [6, 6.07) is 7.99. The molecule has 1 aromatic rings. The maximum absolute atomic E-state index is 12.9. The quantitative estimate of drug-likeness (QED) is 0.637. The Labute approximate surface area is 167 Å². The molecule has 6 heteroatoms. The molecule has 2 amide bonds. The van der Waals surface area contributed by atoms with Gasteiger partial charge in [-0.1, -0.05) is 50.6 Å². The molecule has 1 saturated carbocycles. The van der Waals surface area contributed by atoms with Crippen molar-refractivity contribution in [3.05, 3.63) is 35.9 Å². The molecule has 2 unspecified atom stereocenters. The molecule has 2 atom stereocenters. The normalized spacial score (nSPS) is 16.2. The van der Waals surface area contributed by atoms with Crippen LogP contribution in [-0.4, -0.2) is 36.0 Å². The second-order valence-electron chi connectivity index (χ2n) is 8.09. The Morgan fingerprint density at radius 1 is 1.04 bits per heavy atom. The van der Waals surface area contributed by atoms with Crippen LogP contribution in [0.15, 0.2) is 30.3 Å². The molecular formula is C22H32N2O4. The summed E-state index contributed by atoms with van der Waals surface area (Å²) in [4.78, 5) is 37.8. The standard InChI is InChI=1S/C22H32N2O4/c1-14(2)19(24-20(25)17-11-8-12-17)21(26)23-18(22(27)28-15(3)4)13-16-9-6-5-7-10-16/h5-7,9-10,14-15,17-19H,8,11-13H2,1-4H3,(H,23,26)(H,24,25). The van der Waals surface area contributed by atoms with Gasteiger partial charge in [0, 0.05) is 12.3 Å². The molecule has 0 aromatic heterocycles. The van der Waals surface area contributed by atoms with Crippen LogP contribution >= 0.6 is 0 Å². The lowest BCUT2D eigenvalue weighted by atomic mass is 9.84. The molecule has 0 bridgehead atoms. The molecule has 1 aromatic carbocycles. The zero-order chi connectivity index (χ0) is 20.7. The fraction of sp³-hybridized carbons (Fsp3) is 0.591. The van der Waals surface area contributed by atoms with Crippen LogP contribution in [0.5, 0.6) is 0 Å². The van der Waals surface area contributed by atoms with Crippen LogP contribution in [0.3, 0.4) is 0 Å². The van der Waals surface area contributed by atoms with Gasteiger partial charge in [-0.25, -0.2) is 4.79 Å². The van der Waals surface area contributed by atoms with E-state index in [1.54, 1.807) is 13.8 Å². The molecule has 0 saturated heterocycles. The summed E-state index contributed by atoms with van der Waals surface area (Å²) in [5.74, 6) is -1.00. The molecule has 28 heavy (non-hydrogen) atoms. The zero-order valence-electron chi connectivity index (χ0n) is 17.2. The van der Waals surface area contributed by atoms with Crippen molar-refractivity contribution in [1.82, 2.24) is 10.6 Å². The molecule has 0 spiro atoms. The third kappa shape index (κ3) is 6.36. The minimum atomic E-state index is -0.806. The van der Waals surface area contributed by atoms with E-state index >= 15 is 0 Å². The molecule has 0 aliphatic heterocycles. The van der Waals surface area contributed by atoms with Crippen molar-refractivity contribution in [2.75, 3.05) is 0 Å². The number of carbonyl (C=O) groups is 3. The van der Waals surface area contributed by atoms with Crippen molar-refractivity contribution in [2.24, 2.45) is 11.8 Å². The second kappa shape index (κ2) is 10.2. The van der Waals surface area contributed by atoms with Crippen LogP contribution in [-0.2, 0) is 25.5 Å². The van der Waals surface area contributed by atoms with Crippen molar-refractivity contribution in [1.29, 1.82) is 0 Å². The number of hydrogen-bond donors (Lipinski definition) is 2. The third-order valence-corrected chi connectivity index (χ3v) is 4.96. The van der Waals surface area contributed by atoms with E-state index in [0.29, 0.717) is 6.42 Å². The Hall–Kier alpha value is -2.37. The highest BCUT2D eigenvalue weighted by atomic mass is 16.5. The van der Waals surface area contributed by atoms with Crippen molar-refractivity contribution < 1.29 is 19.1 Å². The average Bonchev–Trinajstić information content (AvgIpc) is 2.57. The number of benzene rings is 1. The van der Waals surface area contributed by atoms with E-state index in [4.69, 9.17) is 4.74 Å². The summed E-state index contributed by atoms with van der Waals surface area (Å²) >= 11 is 0. The Morgan fingerprint density at radius 2 is 1.68 bits per heavy atom. The summed E-state index contributed by atoms with van der Waals surface area (Å²) in [6.07, 6.45) is 2.85. The highest BCUT2D eigenvalue weighted by molar-refractivity contribution is 5.91. The van der Waals surface area contributed by atoms with E-state index in [0.717, 1.165) is 24.8 Å². The van der Waals surface area contributed by atoms with Crippen LogP contribution in [0.4, 0.5) is 0 Å². The lowest BCUT2D eigenvalue weighted by Gasteiger charge is -2.29. The van der Waals surface area contributed by atoms with E-state index in [1.807, 2.05) is 44.2 Å². The van der Waals surface area contributed by atoms with Gasteiger partial charge in [0.25, 0.3) is 0 Å². The average molecular weight is 389 g/mol. The predicted octanol–water partition coefficient (Wildman–Crippen LogP) is 2.61. The largest absolute Gasteiger partial charge is 0.461 e. The molecule has 2 N–H and O–H groups in total. The summed E-state index contributed by atoms with van der Waals surface area (Å²) in [6.45, 7) is 7.30. The van der Waals surface area contributed by atoms with Crippen LogP contribution in [0, 0.1) is 11.8 Å². The number of hydrogen-bond acceptors (Lipinski definition) is 4. The number of ether oxygens (including phenoxy) is 1. The van der Waals surface area contributed by atoms with Gasteiger partial charge in [-0.2, -0.15) is 0 Å². The maximum atomic E-state index is 12.9. The van der Waals surface area contributed by atoms with Crippen molar-refractivity contribution >= 4 is 17.8 Å². The maximum Gasteiger partial charge on any atom is 0.329 e. The van der Waals surface area contributed by atoms with E-state index < -0.39 is 18.1 Å². The van der Waals surface area contributed by atoms with Crippen LogP contribution in [0.25, 0.3) is 0 Å². The van der Waals surface area contributed by atoms with Crippen LogP contribution < -0.4 is 10.6 Å². The minimum absolute atomic E-state index is 0.0000666. The van der Waals surface area contributed by atoms with E-state index in [9.17, 15) is 14.4 Å². The summed E-state index contributed by atoms with van der Waals surface area (Å²) in [7, 11) is 0. The number of esters is 1. The number of amides is 2. The first-order chi connectivity index (χ1) is 13.3. The van der Waals surface area contributed by atoms with Crippen LogP contribution in [0.1, 0.15) is 52.5 Å². The first-order valence-electron chi connectivity index (χ1n) is 10.1. The minimum Gasteiger partial charge on any atom is -0.461 e. The van der Waals surface area contributed by atoms with Gasteiger partial charge in [0.05, 0.1) is 6.10 Å². The first-order valence-corrected chi connectivity index (χ1v) is 10.1. The van der Waals surface area contributed by atoms with E-state index in [1.165, 1.54) is 0 Å². The Kier molecular flexibility index (Phi) is 8.03. The monoisotopic (exact) mass is 388 g/mol. The van der Waals surface area contributed by atoms with Gasteiger partial charge >= 0.3 is 5.97 Å². The SMILES string of the molecule is CC(C)OC(=O)C(Cc1ccccc1)NC(=O)C(NC(=O)C1CCC1)C(C)C. The highest BCUT2D eigenvalue weighted by Gasteiger charge is 2.33. The highest BCUT2D eigenvalue weighted by Crippen LogP contribution is 2.26. The van der Waals surface area contributed by atoms with Crippen LogP contribution in [0.2, 0.25) is 0 Å². The van der Waals surface area contributed by atoms with Gasteiger partial charge in [0.15, 0.2) is 0 Å². The van der Waals surface area contributed by atoms with Gasteiger partial charge in [0.1, 0.15) is 12.1 Å². The summed E-state index contributed by atoms with van der Waals surface area (Å²) in [5, 5.41) is 5.67. The number of carbonyl (C=O) groups excluding carboxylic acids is 3.